The van der Waals surface area contributed by atoms with Crippen LogP contribution in [0.4, 0.5) is 13.2 Å². The zero-order valence-corrected chi connectivity index (χ0v) is 12.6. The summed E-state index contributed by atoms with van der Waals surface area (Å²) in [6.07, 6.45) is -3.55. The van der Waals surface area contributed by atoms with Crippen LogP contribution >= 0.6 is 12.4 Å². The van der Waals surface area contributed by atoms with E-state index in [0.717, 1.165) is 38.2 Å². The molecule has 21 heavy (non-hydrogen) atoms. The first-order valence-corrected chi connectivity index (χ1v) is 6.76. The summed E-state index contributed by atoms with van der Waals surface area (Å²) in [5.41, 5.74) is 1.00. The molecule has 1 aromatic carbocycles. The lowest BCUT2D eigenvalue weighted by Crippen LogP contribution is -2.30. The van der Waals surface area contributed by atoms with Gasteiger partial charge in [-0.25, -0.2) is 0 Å². The number of hydrogen-bond acceptors (Lipinski definition) is 3. The van der Waals surface area contributed by atoms with E-state index in [9.17, 15) is 13.2 Å². The number of halogens is 4. The summed E-state index contributed by atoms with van der Waals surface area (Å²) in [5.74, 6) is -0.175. The summed E-state index contributed by atoms with van der Waals surface area (Å²) in [7, 11) is 0. The number of nitrogens with one attached hydrogen (secondary N) is 1. The van der Waals surface area contributed by atoms with Gasteiger partial charge in [-0.15, -0.1) is 25.6 Å². The van der Waals surface area contributed by atoms with Crippen molar-refractivity contribution in [2.45, 2.75) is 25.7 Å². The number of alkyl halides is 3. The summed E-state index contributed by atoms with van der Waals surface area (Å²) in [6.45, 7) is 5.98. The van der Waals surface area contributed by atoms with E-state index in [-0.39, 0.29) is 24.2 Å². The van der Waals surface area contributed by atoms with E-state index in [1.54, 1.807) is 12.1 Å². The molecule has 3 nitrogen and oxygen atoms in total. The monoisotopic (exact) mass is 324 g/mol. The van der Waals surface area contributed by atoms with Crippen molar-refractivity contribution in [2.24, 2.45) is 0 Å². The molecule has 1 aromatic rings. The normalized spacial score (nSPS) is 18.5. The number of nitrogens with zero attached hydrogens (tertiary/aromatic N) is 1. The Morgan fingerprint density at radius 2 is 1.81 bits per heavy atom. The van der Waals surface area contributed by atoms with Crippen molar-refractivity contribution in [1.29, 1.82) is 0 Å². The molecule has 0 saturated carbocycles. The number of hydrogen-bond donors (Lipinski definition) is 1. The fraction of sp³-hybridized carbons (Fsp3) is 0.571. The number of ether oxygens (including phenoxy) is 1. The molecule has 0 radical (unpaired) electrons. The average Bonchev–Trinajstić information content (AvgIpc) is 2.66. The minimum atomic E-state index is -4.64. The van der Waals surface area contributed by atoms with Crippen molar-refractivity contribution in [3.05, 3.63) is 29.8 Å². The predicted octanol–water partition coefficient (Wildman–Crippen LogP) is 3.36. The van der Waals surface area contributed by atoms with Crippen LogP contribution in [0.15, 0.2) is 24.3 Å². The fourth-order valence-corrected chi connectivity index (χ4v) is 2.41. The molecule has 0 aromatic heterocycles. The van der Waals surface area contributed by atoms with Crippen molar-refractivity contribution in [3.8, 4) is 5.75 Å². The van der Waals surface area contributed by atoms with Crippen molar-refractivity contribution < 1.29 is 17.9 Å². The van der Waals surface area contributed by atoms with Crippen LogP contribution in [0.2, 0.25) is 0 Å². The van der Waals surface area contributed by atoms with Gasteiger partial charge in [-0.1, -0.05) is 12.1 Å². The third-order valence-electron chi connectivity index (χ3n) is 3.52. The van der Waals surface area contributed by atoms with Gasteiger partial charge in [-0.2, -0.15) is 0 Å². The summed E-state index contributed by atoms with van der Waals surface area (Å²) < 4.78 is 40.2. The molecule has 0 aliphatic carbocycles. The molecule has 0 amide bonds. The zero-order chi connectivity index (χ0) is 14.6. The second-order valence-electron chi connectivity index (χ2n) is 4.93. The molecule has 1 unspecified atom stereocenters. The van der Waals surface area contributed by atoms with Gasteiger partial charge in [0.1, 0.15) is 5.75 Å². The van der Waals surface area contributed by atoms with Crippen LogP contribution in [-0.4, -0.2) is 37.4 Å². The van der Waals surface area contributed by atoms with Gasteiger partial charge >= 0.3 is 6.36 Å². The zero-order valence-electron chi connectivity index (χ0n) is 11.8. The van der Waals surface area contributed by atoms with Crippen molar-refractivity contribution in [2.75, 3.05) is 26.2 Å². The fourth-order valence-electron chi connectivity index (χ4n) is 2.41. The maximum atomic E-state index is 12.1. The van der Waals surface area contributed by atoms with Crippen LogP contribution in [0.1, 0.15) is 24.9 Å². The highest BCUT2D eigenvalue weighted by molar-refractivity contribution is 5.85. The standard InChI is InChI=1S/C14H19F3N2O.ClH/c1-11(19-9-2-7-18-8-10-19)12-3-5-13(6-4-12)20-14(15,16)17;/h3-6,11,18H,2,7-10H2,1H3;1H. The van der Waals surface area contributed by atoms with E-state index < -0.39 is 6.36 Å². The lowest BCUT2D eigenvalue weighted by Gasteiger charge is -2.27. The summed E-state index contributed by atoms with van der Waals surface area (Å²) in [5, 5.41) is 3.33. The lowest BCUT2D eigenvalue weighted by molar-refractivity contribution is -0.274. The lowest BCUT2D eigenvalue weighted by atomic mass is 10.1. The Hall–Kier alpha value is -0.980. The van der Waals surface area contributed by atoms with Crippen molar-refractivity contribution in [1.82, 2.24) is 10.2 Å². The minimum absolute atomic E-state index is 0. The molecule has 0 bridgehead atoms. The average molecular weight is 325 g/mol. The smallest absolute Gasteiger partial charge is 0.406 e. The van der Waals surface area contributed by atoms with Crippen LogP contribution in [0.25, 0.3) is 0 Å². The number of benzene rings is 1. The Morgan fingerprint density at radius 3 is 2.43 bits per heavy atom. The first kappa shape index (κ1) is 18.1. The number of rotatable bonds is 3. The van der Waals surface area contributed by atoms with Crippen LogP contribution in [0.5, 0.6) is 5.75 Å². The van der Waals surface area contributed by atoms with E-state index in [0.29, 0.717) is 0 Å². The van der Waals surface area contributed by atoms with Gasteiger partial charge in [0.25, 0.3) is 0 Å². The van der Waals surface area contributed by atoms with Crippen molar-refractivity contribution >= 4 is 12.4 Å². The third-order valence-corrected chi connectivity index (χ3v) is 3.52. The predicted molar refractivity (Wildman–Crippen MR) is 77.8 cm³/mol. The third kappa shape index (κ3) is 5.73. The first-order chi connectivity index (χ1) is 9.46. The van der Waals surface area contributed by atoms with Crippen LogP contribution in [0, 0.1) is 0 Å². The highest BCUT2D eigenvalue weighted by Gasteiger charge is 2.31. The maximum absolute atomic E-state index is 12.1. The van der Waals surface area contributed by atoms with Gasteiger partial charge in [0.2, 0.25) is 0 Å². The Balaban J connectivity index is 0.00000220. The summed E-state index contributed by atoms with van der Waals surface area (Å²) >= 11 is 0. The highest BCUT2D eigenvalue weighted by atomic mass is 35.5. The van der Waals surface area contributed by atoms with Crippen LogP contribution < -0.4 is 10.1 Å². The molecule has 7 heteroatoms. The highest BCUT2D eigenvalue weighted by Crippen LogP contribution is 2.26. The topological polar surface area (TPSA) is 24.5 Å². The Morgan fingerprint density at radius 1 is 1.14 bits per heavy atom. The SMILES string of the molecule is CC(c1ccc(OC(F)(F)F)cc1)N1CCCNCC1.Cl. The van der Waals surface area contributed by atoms with E-state index in [1.807, 2.05) is 0 Å². The van der Waals surface area contributed by atoms with Gasteiger partial charge in [-0.05, 0) is 44.1 Å². The molecule has 1 saturated heterocycles. The van der Waals surface area contributed by atoms with Gasteiger partial charge in [0.05, 0.1) is 0 Å². The van der Waals surface area contributed by atoms with Gasteiger partial charge in [0.15, 0.2) is 0 Å². The largest absolute Gasteiger partial charge is 0.573 e. The molecule has 1 aliphatic rings. The molecule has 1 aliphatic heterocycles. The van der Waals surface area contributed by atoms with Crippen molar-refractivity contribution in [3.63, 3.8) is 0 Å². The van der Waals surface area contributed by atoms with E-state index in [2.05, 4.69) is 21.9 Å². The quantitative estimate of drug-likeness (QED) is 0.922. The Bertz CT molecular complexity index is 417. The molecule has 2 rings (SSSR count). The Kier molecular flexibility index (Phi) is 6.77. The first-order valence-electron chi connectivity index (χ1n) is 6.76. The van der Waals surface area contributed by atoms with Gasteiger partial charge in [-0.3, -0.25) is 4.90 Å². The molecule has 1 heterocycles. The van der Waals surface area contributed by atoms with Crippen LogP contribution in [0.3, 0.4) is 0 Å². The van der Waals surface area contributed by atoms with E-state index >= 15 is 0 Å². The molecule has 1 fully saturated rings. The molecule has 1 N–H and O–H groups in total. The summed E-state index contributed by atoms with van der Waals surface area (Å²) in [6, 6.07) is 6.33. The van der Waals surface area contributed by atoms with Gasteiger partial charge < -0.3 is 10.1 Å². The molecular weight excluding hydrogens is 305 g/mol. The molecular formula is C14H20ClF3N2O. The van der Waals surface area contributed by atoms with E-state index in [1.165, 1.54) is 12.1 Å². The Labute approximate surface area is 128 Å². The van der Waals surface area contributed by atoms with Crippen LogP contribution in [-0.2, 0) is 0 Å². The minimum Gasteiger partial charge on any atom is -0.406 e. The summed E-state index contributed by atoms with van der Waals surface area (Å²) in [4.78, 5) is 2.33. The van der Waals surface area contributed by atoms with E-state index in [4.69, 9.17) is 0 Å². The molecule has 0 spiro atoms. The second-order valence-corrected chi connectivity index (χ2v) is 4.93. The maximum Gasteiger partial charge on any atom is 0.573 e. The molecule has 1 atom stereocenters. The molecule has 120 valence electrons. The van der Waals surface area contributed by atoms with Gasteiger partial charge in [0, 0.05) is 19.1 Å². The second kappa shape index (κ2) is 7.87.